The minimum atomic E-state index is 0.0827. The first-order valence-electron chi connectivity index (χ1n) is 8.03. The number of anilines is 1. The highest BCUT2D eigenvalue weighted by atomic mass is 16.3. The Kier molecular flexibility index (Phi) is 4.63. The molecule has 1 aromatic carbocycles. The van der Waals surface area contributed by atoms with Crippen LogP contribution in [-0.4, -0.2) is 51.4 Å². The third-order valence-electron chi connectivity index (χ3n) is 4.24. The molecule has 6 nitrogen and oxygen atoms in total. The zero-order valence-corrected chi connectivity index (χ0v) is 14.0. The van der Waals surface area contributed by atoms with Gasteiger partial charge < -0.3 is 15.3 Å². The zero-order valence-electron chi connectivity index (χ0n) is 14.0. The van der Waals surface area contributed by atoms with Crippen LogP contribution in [-0.2, 0) is 0 Å². The van der Waals surface area contributed by atoms with E-state index >= 15 is 0 Å². The lowest BCUT2D eigenvalue weighted by Gasteiger charge is -2.30. The number of hydrogen-bond acceptors (Lipinski definition) is 6. The molecule has 0 bridgehead atoms. The van der Waals surface area contributed by atoms with Gasteiger partial charge in [-0.25, -0.2) is 4.98 Å². The summed E-state index contributed by atoms with van der Waals surface area (Å²) in [5, 5.41) is 21.9. The van der Waals surface area contributed by atoms with Crippen molar-refractivity contribution in [2.24, 2.45) is 0 Å². The number of likely N-dealkylation sites (tertiary alicyclic amines) is 1. The Balaban J connectivity index is 1.81. The number of phenolic OH excluding ortho intramolecular Hbond substituents is 1. The van der Waals surface area contributed by atoms with Gasteiger partial charge in [-0.3, -0.25) is 0 Å². The zero-order chi connectivity index (χ0) is 17.1. The summed E-state index contributed by atoms with van der Waals surface area (Å²) in [6, 6.07) is 5.38. The Morgan fingerprint density at radius 2 is 2.21 bits per heavy atom. The number of aromatic nitrogens is 3. The number of nitrogens with zero attached hydrogens (tertiary/aromatic N) is 4. The lowest BCUT2D eigenvalue weighted by atomic mass is 10.1. The molecule has 1 aromatic heterocycles. The van der Waals surface area contributed by atoms with E-state index in [0.717, 1.165) is 25.9 Å². The van der Waals surface area contributed by atoms with E-state index in [9.17, 15) is 5.11 Å². The number of terminal acetylenes is 1. The van der Waals surface area contributed by atoms with Crippen LogP contribution in [0.25, 0.3) is 11.3 Å². The fourth-order valence-corrected chi connectivity index (χ4v) is 3.00. The molecule has 24 heavy (non-hydrogen) atoms. The topological polar surface area (TPSA) is 74.2 Å². The minimum Gasteiger partial charge on any atom is -0.507 e. The van der Waals surface area contributed by atoms with E-state index in [4.69, 9.17) is 6.42 Å². The predicted molar refractivity (Wildman–Crippen MR) is 93.7 cm³/mol. The first-order valence-corrected chi connectivity index (χ1v) is 8.03. The second-order valence-corrected chi connectivity index (χ2v) is 6.19. The van der Waals surface area contributed by atoms with Crippen molar-refractivity contribution in [1.29, 1.82) is 0 Å². The lowest BCUT2D eigenvalue weighted by Crippen LogP contribution is -2.40. The van der Waals surface area contributed by atoms with Crippen molar-refractivity contribution in [1.82, 2.24) is 20.1 Å². The smallest absolute Gasteiger partial charge is 0.243 e. The van der Waals surface area contributed by atoms with E-state index in [1.165, 1.54) is 0 Å². The second-order valence-electron chi connectivity index (χ2n) is 6.19. The quantitative estimate of drug-likeness (QED) is 0.842. The lowest BCUT2D eigenvalue weighted by molar-refractivity contribution is 0.260. The summed E-state index contributed by atoms with van der Waals surface area (Å²) < 4.78 is 0. The van der Waals surface area contributed by atoms with Crippen molar-refractivity contribution in [2.75, 3.05) is 25.5 Å². The standard InChI is InChI=1S/C18H21N5O/c1-4-13-7-8-15(16(24)10-13)17-12(2)19-18(22-21-17)20-14-6-5-9-23(3)11-14/h1,7-8,10,14,24H,5-6,9,11H2,2-3H3,(H,19,20,22)/t14-/m1/s1. The van der Waals surface area contributed by atoms with Crippen LogP contribution in [0.5, 0.6) is 5.75 Å². The summed E-state index contributed by atoms with van der Waals surface area (Å²) in [4.78, 5) is 6.79. The summed E-state index contributed by atoms with van der Waals surface area (Å²) in [5.41, 5.74) is 2.47. The normalized spacial score (nSPS) is 18.1. The molecule has 0 saturated carbocycles. The molecular weight excluding hydrogens is 302 g/mol. The first kappa shape index (κ1) is 16.2. The Bertz CT molecular complexity index is 783. The summed E-state index contributed by atoms with van der Waals surface area (Å²) >= 11 is 0. The van der Waals surface area contributed by atoms with E-state index in [2.05, 4.69) is 38.4 Å². The number of rotatable bonds is 3. The number of aryl methyl sites for hydroxylation is 1. The summed E-state index contributed by atoms with van der Waals surface area (Å²) in [5.74, 6) is 3.10. The van der Waals surface area contributed by atoms with Crippen LogP contribution < -0.4 is 5.32 Å². The minimum absolute atomic E-state index is 0.0827. The maximum atomic E-state index is 10.1. The van der Waals surface area contributed by atoms with E-state index in [1.54, 1.807) is 18.2 Å². The average molecular weight is 323 g/mol. The number of aromatic hydroxyl groups is 1. The van der Waals surface area contributed by atoms with Crippen molar-refractivity contribution < 1.29 is 5.11 Å². The monoisotopic (exact) mass is 323 g/mol. The van der Waals surface area contributed by atoms with Gasteiger partial charge in [-0.1, -0.05) is 5.92 Å². The van der Waals surface area contributed by atoms with E-state index in [0.29, 0.717) is 34.5 Å². The molecule has 3 rings (SSSR count). The SMILES string of the molecule is C#Cc1ccc(-c2nnc(N[C@@H]3CCCN(C)C3)nc2C)c(O)c1. The molecule has 1 fully saturated rings. The highest BCUT2D eigenvalue weighted by molar-refractivity contribution is 5.69. The molecule has 1 aliphatic heterocycles. The van der Waals surface area contributed by atoms with Crippen LogP contribution in [0.3, 0.4) is 0 Å². The second kappa shape index (κ2) is 6.85. The van der Waals surface area contributed by atoms with Crippen molar-refractivity contribution >= 4 is 5.95 Å². The predicted octanol–water partition coefficient (Wildman–Crippen LogP) is 2.04. The number of phenols is 1. The maximum absolute atomic E-state index is 10.1. The van der Waals surface area contributed by atoms with Gasteiger partial charge in [0.15, 0.2) is 0 Å². The molecule has 124 valence electrons. The largest absolute Gasteiger partial charge is 0.507 e. The van der Waals surface area contributed by atoms with Gasteiger partial charge in [-0.05, 0) is 51.6 Å². The molecule has 0 radical (unpaired) electrons. The van der Waals surface area contributed by atoms with Crippen molar-refractivity contribution in [3.63, 3.8) is 0 Å². The number of likely N-dealkylation sites (N-methyl/N-ethyl adjacent to an activating group) is 1. The fraction of sp³-hybridized carbons (Fsp3) is 0.389. The van der Waals surface area contributed by atoms with Gasteiger partial charge in [0.05, 0.1) is 5.69 Å². The van der Waals surface area contributed by atoms with E-state index in [1.807, 2.05) is 6.92 Å². The Morgan fingerprint density at radius 3 is 2.88 bits per heavy atom. The van der Waals surface area contributed by atoms with Crippen LogP contribution >= 0.6 is 0 Å². The summed E-state index contributed by atoms with van der Waals surface area (Å²) in [6.45, 7) is 3.96. The van der Waals surface area contributed by atoms with Gasteiger partial charge in [-0.15, -0.1) is 16.6 Å². The average Bonchev–Trinajstić information content (AvgIpc) is 2.55. The van der Waals surface area contributed by atoms with Gasteiger partial charge in [-0.2, -0.15) is 0 Å². The van der Waals surface area contributed by atoms with Crippen molar-refractivity contribution in [3.8, 4) is 29.4 Å². The highest BCUT2D eigenvalue weighted by Crippen LogP contribution is 2.30. The van der Waals surface area contributed by atoms with Crippen LogP contribution in [0.15, 0.2) is 18.2 Å². The van der Waals surface area contributed by atoms with Crippen molar-refractivity contribution in [2.45, 2.75) is 25.8 Å². The molecule has 2 aromatic rings. The number of piperidine rings is 1. The van der Waals surface area contributed by atoms with Gasteiger partial charge >= 0.3 is 0 Å². The molecular formula is C18H21N5O. The molecule has 0 unspecified atom stereocenters. The van der Waals surface area contributed by atoms with Gasteiger partial charge in [0.2, 0.25) is 5.95 Å². The van der Waals surface area contributed by atoms with Crippen molar-refractivity contribution in [3.05, 3.63) is 29.5 Å². The Hall–Kier alpha value is -2.65. The molecule has 0 aliphatic carbocycles. The third kappa shape index (κ3) is 3.47. The van der Waals surface area contributed by atoms with Crippen LogP contribution in [0.1, 0.15) is 24.1 Å². The molecule has 1 atom stereocenters. The molecule has 0 spiro atoms. The molecule has 2 N–H and O–H groups in total. The number of hydrogen-bond donors (Lipinski definition) is 2. The van der Waals surface area contributed by atoms with Gasteiger partial charge in [0.25, 0.3) is 0 Å². The van der Waals surface area contributed by atoms with Crippen LogP contribution in [0, 0.1) is 19.3 Å². The third-order valence-corrected chi connectivity index (χ3v) is 4.24. The van der Waals surface area contributed by atoms with Gasteiger partial charge in [0, 0.05) is 23.7 Å². The van der Waals surface area contributed by atoms with E-state index in [-0.39, 0.29) is 5.75 Å². The molecule has 6 heteroatoms. The molecule has 1 aliphatic rings. The maximum Gasteiger partial charge on any atom is 0.243 e. The number of benzene rings is 1. The number of nitrogens with one attached hydrogen (secondary N) is 1. The van der Waals surface area contributed by atoms with Gasteiger partial charge in [0.1, 0.15) is 11.4 Å². The summed E-state index contributed by atoms with van der Waals surface area (Å²) in [7, 11) is 2.12. The first-order chi connectivity index (χ1) is 11.6. The molecule has 2 heterocycles. The van der Waals surface area contributed by atoms with Crippen LogP contribution in [0.4, 0.5) is 5.95 Å². The fourth-order valence-electron chi connectivity index (χ4n) is 3.00. The Labute approximate surface area is 141 Å². The molecule has 0 amide bonds. The van der Waals surface area contributed by atoms with Crippen LogP contribution in [0.2, 0.25) is 0 Å². The highest BCUT2D eigenvalue weighted by Gasteiger charge is 2.19. The summed E-state index contributed by atoms with van der Waals surface area (Å²) in [6.07, 6.45) is 7.60. The Morgan fingerprint density at radius 1 is 1.38 bits per heavy atom. The molecule has 1 saturated heterocycles. The van der Waals surface area contributed by atoms with E-state index < -0.39 is 0 Å².